The monoisotopic (exact) mass is 889 g/mol. The lowest BCUT2D eigenvalue weighted by atomic mass is 9.64. The van der Waals surface area contributed by atoms with Crippen molar-refractivity contribution in [1.29, 1.82) is 0 Å². The summed E-state index contributed by atoms with van der Waals surface area (Å²) >= 11 is 0. The van der Waals surface area contributed by atoms with Gasteiger partial charge in [-0.05, 0) is 147 Å². The highest BCUT2D eigenvalue weighted by Gasteiger charge is 2.52. The standard InChI is InChI=1S/C67H43N3/c1-4-20-44(21-5-1)45-22-18-23-46(38-45)47-24-19-29-50(39-47)70-62-35-15-11-31-52(62)56-41-54-53-40-55-51-30-10-14-34-61(51)68(48-25-6-2-7-26-48)65(55)42-59(53)67(60(54)43-66(56)70)57-32-12-16-36-63(57)69(49-27-8-3-9-28-49)64-37-17-13-33-58(64)67/h1-43H. The molecule has 0 amide bonds. The molecule has 3 heterocycles. The quantitative estimate of drug-likeness (QED) is 0.168. The number of fused-ring (bicyclic) bond motifs is 15. The molecule has 3 nitrogen and oxygen atoms in total. The summed E-state index contributed by atoms with van der Waals surface area (Å²) in [6.07, 6.45) is 0. The van der Waals surface area contributed by atoms with E-state index in [1.165, 1.54) is 111 Å². The number of benzene rings is 11. The number of aromatic nitrogens is 2. The van der Waals surface area contributed by atoms with Gasteiger partial charge < -0.3 is 14.0 Å². The lowest BCUT2D eigenvalue weighted by Crippen LogP contribution is -2.36. The maximum Gasteiger partial charge on any atom is 0.0755 e. The zero-order valence-corrected chi connectivity index (χ0v) is 38.2. The lowest BCUT2D eigenvalue weighted by molar-refractivity contribution is 0.754. The molecule has 0 unspecified atom stereocenters. The largest absolute Gasteiger partial charge is 0.310 e. The van der Waals surface area contributed by atoms with E-state index in [2.05, 4.69) is 275 Å². The molecule has 0 saturated carbocycles. The summed E-state index contributed by atoms with van der Waals surface area (Å²) < 4.78 is 4.98. The number of para-hydroxylation sites is 6. The Labute approximate surface area is 406 Å². The molecule has 2 aromatic heterocycles. The van der Waals surface area contributed by atoms with Crippen LogP contribution < -0.4 is 4.90 Å². The Kier molecular flexibility index (Phi) is 8.28. The Bertz CT molecular complexity index is 4190. The third-order valence-corrected chi connectivity index (χ3v) is 15.3. The van der Waals surface area contributed by atoms with Crippen LogP contribution in [0.5, 0.6) is 0 Å². The Morgan fingerprint density at radius 3 is 1.24 bits per heavy atom. The average molecular weight is 890 g/mol. The predicted molar refractivity (Wildman–Crippen MR) is 292 cm³/mol. The molecule has 1 aliphatic carbocycles. The molecule has 11 aromatic carbocycles. The van der Waals surface area contributed by atoms with E-state index in [4.69, 9.17) is 0 Å². The van der Waals surface area contributed by atoms with E-state index >= 15 is 0 Å². The second kappa shape index (κ2) is 14.9. The molecule has 0 fully saturated rings. The van der Waals surface area contributed by atoms with Gasteiger partial charge in [0.2, 0.25) is 0 Å². The molecule has 326 valence electrons. The van der Waals surface area contributed by atoms with Crippen LogP contribution in [0.1, 0.15) is 22.3 Å². The van der Waals surface area contributed by atoms with E-state index in [0.717, 1.165) is 17.1 Å². The van der Waals surface area contributed by atoms with Gasteiger partial charge in [-0.3, -0.25) is 0 Å². The predicted octanol–water partition coefficient (Wildman–Crippen LogP) is 17.4. The van der Waals surface area contributed by atoms with Crippen molar-refractivity contribution in [3.63, 3.8) is 0 Å². The molecule has 0 saturated heterocycles. The van der Waals surface area contributed by atoms with Crippen molar-refractivity contribution in [2.45, 2.75) is 5.41 Å². The van der Waals surface area contributed by atoms with Gasteiger partial charge in [0.15, 0.2) is 0 Å². The van der Waals surface area contributed by atoms with Crippen LogP contribution in [0.4, 0.5) is 17.1 Å². The van der Waals surface area contributed by atoms with Crippen LogP contribution >= 0.6 is 0 Å². The summed E-state index contributed by atoms with van der Waals surface area (Å²) in [6, 6.07) is 96.8. The minimum atomic E-state index is -0.676. The number of hydrogen-bond acceptors (Lipinski definition) is 1. The smallest absolute Gasteiger partial charge is 0.0755 e. The third-order valence-electron chi connectivity index (χ3n) is 15.3. The summed E-state index contributed by atoms with van der Waals surface area (Å²) in [5.41, 5.74) is 22.3. The van der Waals surface area contributed by atoms with Gasteiger partial charge in [-0.25, -0.2) is 0 Å². The fraction of sp³-hybridized carbons (Fsp3) is 0.0149. The van der Waals surface area contributed by atoms with Gasteiger partial charge in [0, 0.05) is 38.6 Å². The molecule has 13 aromatic rings. The molecule has 1 spiro atoms. The summed E-state index contributed by atoms with van der Waals surface area (Å²) in [6.45, 7) is 0. The maximum atomic E-state index is 2.56. The summed E-state index contributed by atoms with van der Waals surface area (Å²) in [7, 11) is 0. The van der Waals surface area contributed by atoms with Crippen molar-refractivity contribution in [2.75, 3.05) is 4.90 Å². The van der Waals surface area contributed by atoms with Gasteiger partial charge in [0.05, 0.1) is 38.9 Å². The van der Waals surface area contributed by atoms with Crippen LogP contribution in [0.15, 0.2) is 261 Å². The van der Waals surface area contributed by atoms with Gasteiger partial charge in [-0.15, -0.1) is 0 Å². The highest BCUT2D eigenvalue weighted by molar-refractivity contribution is 6.15. The first-order valence-electron chi connectivity index (χ1n) is 24.3. The number of rotatable bonds is 5. The Balaban J connectivity index is 1.06. The van der Waals surface area contributed by atoms with Gasteiger partial charge >= 0.3 is 0 Å². The number of nitrogens with zero attached hydrogens (tertiary/aromatic N) is 3. The molecule has 15 rings (SSSR count). The van der Waals surface area contributed by atoms with Crippen LogP contribution in [0.3, 0.4) is 0 Å². The first kappa shape index (κ1) is 38.9. The minimum Gasteiger partial charge on any atom is -0.310 e. The normalized spacial score (nSPS) is 13.2. The highest BCUT2D eigenvalue weighted by atomic mass is 15.2. The zero-order chi connectivity index (χ0) is 45.9. The van der Waals surface area contributed by atoms with Crippen LogP contribution in [-0.2, 0) is 5.41 Å². The Morgan fingerprint density at radius 1 is 0.243 bits per heavy atom. The molecule has 0 atom stereocenters. The van der Waals surface area contributed by atoms with Gasteiger partial charge in [-0.2, -0.15) is 0 Å². The van der Waals surface area contributed by atoms with E-state index in [-0.39, 0.29) is 0 Å². The van der Waals surface area contributed by atoms with Crippen LogP contribution in [0.2, 0.25) is 0 Å². The molecule has 2 aliphatic rings. The Morgan fingerprint density at radius 2 is 0.657 bits per heavy atom. The summed E-state index contributed by atoms with van der Waals surface area (Å²) in [5.74, 6) is 0. The van der Waals surface area contributed by atoms with Gasteiger partial charge in [-0.1, -0.05) is 170 Å². The van der Waals surface area contributed by atoms with Crippen LogP contribution in [0, 0.1) is 0 Å². The third kappa shape index (κ3) is 5.40. The number of anilines is 3. The zero-order valence-electron chi connectivity index (χ0n) is 38.2. The maximum absolute atomic E-state index is 2.56. The molecule has 0 N–H and O–H groups in total. The molecule has 0 bridgehead atoms. The first-order valence-corrected chi connectivity index (χ1v) is 24.3. The second-order valence-corrected chi connectivity index (χ2v) is 18.8. The SMILES string of the molecule is c1ccc(-c2cccc(-c3cccc(-n4c5ccccc5c5cc6c(cc54)C4(c5cc7c(cc5-6)c5ccccc5n7-c5ccccc5)c5ccccc5N(c5ccccc5)c5ccccc54)c3)c2)cc1. The van der Waals surface area contributed by atoms with Crippen molar-refractivity contribution in [2.24, 2.45) is 0 Å². The van der Waals surface area contributed by atoms with E-state index in [1.54, 1.807) is 0 Å². The molecular formula is C67H43N3. The molecular weight excluding hydrogens is 847 g/mol. The lowest BCUT2D eigenvalue weighted by Gasteiger charge is -2.45. The average Bonchev–Trinajstić information content (AvgIpc) is 4.05. The van der Waals surface area contributed by atoms with E-state index in [0.29, 0.717) is 0 Å². The van der Waals surface area contributed by atoms with Gasteiger partial charge in [0.1, 0.15) is 0 Å². The van der Waals surface area contributed by atoms with Crippen molar-refractivity contribution < 1.29 is 0 Å². The molecule has 3 heteroatoms. The van der Waals surface area contributed by atoms with E-state index in [1.807, 2.05) is 0 Å². The van der Waals surface area contributed by atoms with E-state index in [9.17, 15) is 0 Å². The fourth-order valence-corrected chi connectivity index (χ4v) is 12.4. The van der Waals surface area contributed by atoms with E-state index < -0.39 is 5.41 Å². The summed E-state index contributed by atoms with van der Waals surface area (Å²) in [5, 5.41) is 4.98. The van der Waals surface area contributed by atoms with Crippen molar-refractivity contribution in [3.05, 3.63) is 283 Å². The fourth-order valence-electron chi connectivity index (χ4n) is 12.4. The first-order chi connectivity index (χ1) is 34.7. The summed E-state index contributed by atoms with van der Waals surface area (Å²) in [4.78, 5) is 2.47. The second-order valence-electron chi connectivity index (χ2n) is 18.8. The minimum absolute atomic E-state index is 0.676. The molecule has 1 aliphatic heterocycles. The van der Waals surface area contributed by atoms with Crippen molar-refractivity contribution in [1.82, 2.24) is 9.13 Å². The van der Waals surface area contributed by atoms with Crippen LogP contribution in [0.25, 0.3) is 88.4 Å². The number of hydrogen-bond donors (Lipinski definition) is 0. The Hall–Kier alpha value is -9.18. The topological polar surface area (TPSA) is 13.1 Å². The molecule has 70 heavy (non-hydrogen) atoms. The van der Waals surface area contributed by atoms with Crippen molar-refractivity contribution >= 4 is 60.7 Å². The molecule has 0 radical (unpaired) electrons. The van der Waals surface area contributed by atoms with Gasteiger partial charge in [0.25, 0.3) is 0 Å². The van der Waals surface area contributed by atoms with Crippen LogP contribution in [-0.4, -0.2) is 9.13 Å². The highest BCUT2D eigenvalue weighted by Crippen LogP contribution is 2.65. The van der Waals surface area contributed by atoms with Crippen molar-refractivity contribution in [3.8, 4) is 44.8 Å².